The van der Waals surface area contributed by atoms with E-state index in [1.54, 1.807) is 12.1 Å². The molecule has 37 heavy (non-hydrogen) atoms. The molecule has 0 fully saturated rings. The molecule has 0 radical (unpaired) electrons. The number of rotatable bonds is 5. The molecule has 6 nitrogen and oxygen atoms in total. The van der Waals surface area contributed by atoms with Crippen molar-refractivity contribution >= 4 is 57.6 Å². The summed E-state index contributed by atoms with van der Waals surface area (Å²) >= 11 is 11.6. The SMILES string of the molecule is Cc1ccc(-c2ccc(/C=C/C(=O)NC(=S)Nc3cc(-c4nc5ccccc5[nH]4)ccc3C)o2)cc1Cl. The van der Waals surface area contributed by atoms with E-state index in [9.17, 15) is 4.79 Å². The summed E-state index contributed by atoms with van der Waals surface area (Å²) in [5.41, 5.74) is 6.38. The second kappa shape index (κ2) is 10.4. The first kappa shape index (κ1) is 24.5. The predicted octanol–water partition coefficient (Wildman–Crippen LogP) is 7.29. The van der Waals surface area contributed by atoms with Crippen molar-refractivity contribution in [3.05, 3.63) is 101 Å². The Morgan fingerprint density at radius 3 is 2.59 bits per heavy atom. The highest BCUT2D eigenvalue weighted by Crippen LogP contribution is 2.28. The molecular weight excluding hydrogens is 504 g/mol. The number of para-hydroxylation sites is 2. The zero-order valence-electron chi connectivity index (χ0n) is 20.1. The molecule has 3 N–H and O–H groups in total. The van der Waals surface area contributed by atoms with Crippen molar-refractivity contribution in [1.82, 2.24) is 15.3 Å². The number of imidazole rings is 1. The van der Waals surface area contributed by atoms with Crippen LogP contribution in [0.5, 0.6) is 0 Å². The van der Waals surface area contributed by atoms with Crippen LogP contribution >= 0.6 is 23.8 Å². The van der Waals surface area contributed by atoms with Crippen LogP contribution in [0.2, 0.25) is 5.02 Å². The van der Waals surface area contributed by atoms with E-state index in [1.807, 2.05) is 80.6 Å². The van der Waals surface area contributed by atoms with Crippen molar-refractivity contribution in [2.75, 3.05) is 5.32 Å². The zero-order valence-corrected chi connectivity index (χ0v) is 21.7. The van der Waals surface area contributed by atoms with Gasteiger partial charge in [-0.2, -0.15) is 0 Å². The number of fused-ring (bicyclic) bond motifs is 1. The topological polar surface area (TPSA) is 83.0 Å². The minimum Gasteiger partial charge on any atom is -0.457 e. The van der Waals surface area contributed by atoms with Crippen molar-refractivity contribution in [2.24, 2.45) is 0 Å². The van der Waals surface area contributed by atoms with E-state index in [-0.39, 0.29) is 11.0 Å². The molecule has 0 aliphatic carbocycles. The highest BCUT2D eigenvalue weighted by Gasteiger charge is 2.10. The number of aryl methyl sites for hydroxylation is 2. The van der Waals surface area contributed by atoms with Crippen LogP contribution in [0, 0.1) is 13.8 Å². The highest BCUT2D eigenvalue weighted by molar-refractivity contribution is 7.80. The third-order valence-corrected chi connectivity index (χ3v) is 6.48. The fraction of sp³-hybridized carbons (Fsp3) is 0.0690. The number of hydrogen-bond donors (Lipinski definition) is 3. The van der Waals surface area contributed by atoms with Crippen LogP contribution in [-0.4, -0.2) is 21.0 Å². The Labute approximate surface area is 224 Å². The van der Waals surface area contributed by atoms with Crippen LogP contribution in [0.3, 0.4) is 0 Å². The van der Waals surface area contributed by atoms with Crippen molar-refractivity contribution < 1.29 is 9.21 Å². The lowest BCUT2D eigenvalue weighted by atomic mass is 10.1. The van der Waals surface area contributed by atoms with Gasteiger partial charge in [-0.15, -0.1) is 0 Å². The summed E-state index contributed by atoms with van der Waals surface area (Å²) in [4.78, 5) is 20.4. The average Bonchev–Trinajstić information content (AvgIpc) is 3.53. The molecule has 5 aromatic rings. The van der Waals surface area contributed by atoms with Gasteiger partial charge in [-0.25, -0.2) is 4.98 Å². The molecule has 2 heterocycles. The van der Waals surface area contributed by atoms with E-state index >= 15 is 0 Å². The van der Waals surface area contributed by atoms with Crippen molar-refractivity contribution in [1.29, 1.82) is 0 Å². The minimum atomic E-state index is -0.375. The van der Waals surface area contributed by atoms with Crippen molar-refractivity contribution in [2.45, 2.75) is 13.8 Å². The molecule has 0 saturated heterocycles. The molecule has 5 rings (SSSR count). The maximum Gasteiger partial charge on any atom is 0.250 e. The Morgan fingerprint density at radius 1 is 1.00 bits per heavy atom. The Morgan fingerprint density at radius 2 is 1.78 bits per heavy atom. The standard InChI is InChI=1S/C29H23ClN4O2S/c1-17-7-9-19(15-22(17)30)26-13-11-21(36-26)12-14-27(35)34-29(37)33-25-16-20(10-8-18(25)2)28-31-23-5-3-4-6-24(23)32-28/h3-16H,1-2H3,(H,31,32)(H2,33,34,35,37)/b14-12+. The molecule has 2 aromatic heterocycles. The Bertz CT molecular complexity index is 1630. The average molecular weight is 527 g/mol. The number of nitrogens with one attached hydrogen (secondary N) is 3. The smallest absolute Gasteiger partial charge is 0.250 e. The molecule has 0 atom stereocenters. The molecule has 0 unspecified atom stereocenters. The number of thiocarbonyl (C=S) groups is 1. The van der Waals surface area contributed by atoms with E-state index in [1.165, 1.54) is 6.08 Å². The molecule has 0 bridgehead atoms. The number of carbonyl (C=O) groups excluding carboxylic acids is 1. The van der Waals surface area contributed by atoms with Crippen LogP contribution in [0.15, 0.2) is 83.3 Å². The van der Waals surface area contributed by atoms with Gasteiger partial charge in [0.1, 0.15) is 17.3 Å². The monoisotopic (exact) mass is 526 g/mol. The second-order valence-electron chi connectivity index (χ2n) is 8.57. The first-order chi connectivity index (χ1) is 17.9. The number of benzene rings is 3. The van der Waals surface area contributed by atoms with Gasteiger partial charge in [-0.3, -0.25) is 10.1 Å². The number of halogens is 1. The molecule has 8 heteroatoms. The lowest BCUT2D eigenvalue weighted by Crippen LogP contribution is -2.33. The molecule has 0 aliphatic heterocycles. The van der Waals surface area contributed by atoms with E-state index in [4.69, 9.17) is 28.2 Å². The number of H-pyrrole nitrogens is 1. The van der Waals surface area contributed by atoms with E-state index < -0.39 is 0 Å². The Hall–Kier alpha value is -4.20. The van der Waals surface area contributed by atoms with Crippen molar-refractivity contribution in [3.8, 4) is 22.7 Å². The summed E-state index contributed by atoms with van der Waals surface area (Å²) < 4.78 is 5.83. The van der Waals surface area contributed by atoms with Crippen LogP contribution in [0.4, 0.5) is 5.69 Å². The fourth-order valence-corrected chi connectivity index (χ4v) is 4.19. The summed E-state index contributed by atoms with van der Waals surface area (Å²) in [6.45, 7) is 3.91. The largest absolute Gasteiger partial charge is 0.457 e. The molecular formula is C29H23ClN4O2S. The van der Waals surface area contributed by atoms with Gasteiger partial charge in [0.25, 0.3) is 0 Å². The lowest BCUT2D eigenvalue weighted by Gasteiger charge is -2.12. The van der Waals surface area contributed by atoms with Gasteiger partial charge in [-0.05, 0) is 79.7 Å². The van der Waals surface area contributed by atoms with Crippen LogP contribution in [0.25, 0.3) is 39.8 Å². The summed E-state index contributed by atoms with van der Waals surface area (Å²) in [6, 6.07) is 23.1. The van der Waals surface area contributed by atoms with Gasteiger partial charge in [0.05, 0.1) is 11.0 Å². The maximum absolute atomic E-state index is 12.4. The van der Waals surface area contributed by atoms with E-state index in [0.717, 1.165) is 44.8 Å². The molecule has 3 aromatic carbocycles. The Kier molecular flexibility index (Phi) is 6.90. The van der Waals surface area contributed by atoms with Gasteiger partial charge >= 0.3 is 0 Å². The molecule has 0 spiro atoms. The number of furan rings is 1. The van der Waals surface area contributed by atoms with Crippen LogP contribution < -0.4 is 10.6 Å². The van der Waals surface area contributed by atoms with Gasteiger partial charge < -0.3 is 14.7 Å². The summed E-state index contributed by atoms with van der Waals surface area (Å²) in [7, 11) is 0. The zero-order chi connectivity index (χ0) is 25.9. The number of hydrogen-bond acceptors (Lipinski definition) is 4. The van der Waals surface area contributed by atoms with Crippen molar-refractivity contribution in [3.63, 3.8) is 0 Å². The molecule has 0 saturated carbocycles. The van der Waals surface area contributed by atoms with Gasteiger partial charge in [0, 0.05) is 27.9 Å². The number of anilines is 1. The summed E-state index contributed by atoms with van der Waals surface area (Å²) in [5.74, 6) is 1.59. The Balaban J connectivity index is 1.23. The summed E-state index contributed by atoms with van der Waals surface area (Å²) in [6.07, 6.45) is 2.96. The number of amides is 1. The van der Waals surface area contributed by atoms with Crippen LogP contribution in [-0.2, 0) is 4.79 Å². The fourth-order valence-electron chi connectivity index (χ4n) is 3.80. The third-order valence-electron chi connectivity index (χ3n) is 5.87. The number of aromatic nitrogens is 2. The number of carbonyl (C=O) groups is 1. The maximum atomic E-state index is 12.4. The molecule has 0 aliphatic rings. The predicted molar refractivity (Wildman–Crippen MR) is 154 cm³/mol. The first-order valence-electron chi connectivity index (χ1n) is 11.6. The van der Waals surface area contributed by atoms with Crippen LogP contribution in [0.1, 0.15) is 16.9 Å². The van der Waals surface area contributed by atoms with Gasteiger partial charge in [-0.1, -0.05) is 48.0 Å². The number of aromatic amines is 1. The second-order valence-corrected chi connectivity index (χ2v) is 9.39. The molecule has 1 amide bonds. The molecule has 184 valence electrons. The van der Waals surface area contributed by atoms with E-state index in [0.29, 0.717) is 16.5 Å². The first-order valence-corrected chi connectivity index (χ1v) is 12.4. The van der Waals surface area contributed by atoms with E-state index in [2.05, 4.69) is 20.6 Å². The van der Waals surface area contributed by atoms with Gasteiger partial charge in [0.15, 0.2) is 5.11 Å². The normalized spacial score (nSPS) is 11.2. The summed E-state index contributed by atoms with van der Waals surface area (Å²) in [5, 5.41) is 6.64. The third kappa shape index (κ3) is 5.63. The minimum absolute atomic E-state index is 0.189. The lowest BCUT2D eigenvalue weighted by molar-refractivity contribution is -0.115. The quantitative estimate of drug-likeness (QED) is 0.165. The van der Waals surface area contributed by atoms with Gasteiger partial charge in [0.2, 0.25) is 5.91 Å². The number of nitrogens with zero attached hydrogens (tertiary/aromatic N) is 1. The highest BCUT2D eigenvalue weighted by atomic mass is 35.5.